The van der Waals surface area contributed by atoms with Gasteiger partial charge in [0.05, 0.1) is 18.5 Å². The second kappa shape index (κ2) is 5.51. The van der Waals surface area contributed by atoms with Gasteiger partial charge in [0.15, 0.2) is 0 Å². The van der Waals surface area contributed by atoms with Crippen molar-refractivity contribution in [2.24, 2.45) is 0 Å². The Kier molecular flexibility index (Phi) is 3.79. The second-order valence-electron chi connectivity index (χ2n) is 3.72. The Morgan fingerprint density at radius 2 is 2.00 bits per heavy atom. The first kappa shape index (κ1) is 13.1. The van der Waals surface area contributed by atoms with Crippen LogP contribution in [0.15, 0.2) is 6.33 Å². The Labute approximate surface area is 109 Å². The third kappa shape index (κ3) is 2.56. The predicted molar refractivity (Wildman–Crippen MR) is 64.8 cm³/mol. The quantitative estimate of drug-likeness (QED) is 0.734. The first-order valence-corrected chi connectivity index (χ1v) is 5.92. The molecule has 8 heteroatoms. The van der Waals surface area contributed by atoms with Gasteiger partial charge in [0.1, 0.15) is 6.33 Å². The van der Waals surface area contributed by atoms with Crippen molar-refractivity contribution < 1.29 is 9.53 Å². The molecule has 19 heavy (non-hydrogen) atoms. The number of nitrogens with zero attached hydrogens (tertiary/aromatic N) is 6. The van der Waals surface area contributed by atoms with E-state index in [1.165, 1.54) is 18.1 Å². The molecule has 0 unspecified atom stereocenters. The van der Waals surface area contributed by atoms with Crippen LogP contribution in [-0.2, 0) is 17.6 Å². The molecule has 0 saturated carbocycles. The Balaban J connectivity index is 2.36. The molecule has 0 spiro atoms. The smallest absolute Gasteiger partial charge is 0.377 e. The minimum Gasteiger partial charge on any atom is -0.463 e. The lowest BCUT2D eigenvalue weighted by Crippen LogP contribution is -2.11. The zero-order valence-electron chi connectivity index (χ0n) is 11.0. The molecule has 8 nitrogen and oxygen atoms in total. The second-order valence-corrected chi connectivity index (χ2v) is 3.72. The molecular formula is C11H14N6O2. The molecule has 0 aliphatic carbocycles. The maximum Gasteiger partial charge on any atom is 0.377 e. The molecule has 2 aromatic rings. The molecule has 0 N–H and O–H groups in total. The summed E-state index contributed by atoms with van der Waals surface area (Å²) in [4.78, 5) is 19.5. The van der Waals surface area contributed by atoms with Gasteiger partial charge in [0.25, 0.3) is 11.8 Å². The number of methoxy groups -OCH3 is 1. The minimum atomic E-state index is -0.604. The number of rotatable bonds is 4. The van der Waals surface area contributed by atoms with E-state index in [-0.39, 0.29) is 11.8 Å². The standard InChI is InChI=1S/C11H14N6O2/c1-4-7-8(5-2)14-15-11(13-7)17-6-12-9(16-17)10(18)19-3/h6H,4-5H2,1-3H3. The van der Waals surface area contributed by atoms with Crippen molar-refractivity contribution in [2.75, 3.05) is 7.11 Å². The van der Waals surface area contributed by atoms with E-state index >= 15 is 0 Å². The third-order valence-electron chi connectivity index (χ3n) is 2.56. The van der Waals surface area contributed by atoms with E-state index in [1.54, 1.807) is 0 Å². The molecule has 0 aliphatic heterocycles. The maximum atomic E-state index is 11.3. The van der Waals surface area contributed by atoms with E-state index in [0.29, 0.717) is 0 Å². The number of aromatic nitrogens is 6. The van der Waals surface area contributed by atoms with Crippen LogP contribution in [0.25, 0.3) is 5.95 Å². The van der Waals surface area contributed by atoms with Crippen molar-refractivity contribution in [1.29, 1.82) is 0 Å². The molecule has 0 aliphatic rings. The highest BCUT2D eigenvalue weighted by Crippen LogP contribution is 2.06. The summed E-state index contributed by atoms with van der Waals surface area (Å²) in [5.74, 6) is -0.354. The molecule has 0 fully saturated rings. The predicted octanol–water partition coefficient (Wildman–Crippen LogP) is 0.364. The number of carbonyl (C=O) groups excluding carboxylic acids is 1. The Bertz CT molecular complexity index is 595. The van der Waals surface area contributed by atoms with Crippen LogP contribution in [0.2, 0.25) is 0 Å². The molecule has 0 atom stereocenters. The molecule has 0 aromatic carbocycles. The highest BCUT2D eigenvalue weighted by molar-refractivity contribution is 5.84. The molecule has 0 saturated heterocycles. The van der Waals surface area contributed by atoms with Crippen molar-refractivity contribution in [3.05, 3.63) is 23.5 Å². The highest BCUT2D eigenvalue weighted by Gasteiger charge is 2.14. The lowest BCUT2D eigenvalue weighted by molar-refractivity contribution is 0.0587. The molecule has 0 bridgehead atoms. The van der Waals surface area contributed by atoms with Crippen LogP contribution in [-0.4, -0.2) is 43.0 Å². The summed E-state index contributed by atoms with van der Waals surface area (Å²) < 4.78 is 5.84. The van der Waals surface area contributed by atoms with Crippen LogP contribution in [0.1, 0.15) is 35.9 Å². The molecule has 2 heterocycles. The zero-order chi connectivity index (χ0) is 13.8. The number of esters is 1. The van der Waals surface area contributed by atoms with Crippen LogP contribution >= 0.6 is 0 Å². The van der Waals surface area contributed by atoms with Crippen LogP contribution < -0.4 is 0 Å². The summed E-state index contributed by atoms with van der Waals surface area (Å²) in [5, 5.41) is 12.0. The van der Waals surface area contributed by atoms with Gasteiger partial charge in [-0.05, 0) is 12.8 Å². The molecule has 0 amide bonds. The number of ether oxygens (including phenoxy) is 1. The SMILES string of the molecule is CCc1nnc(-n2cnc(C(=O)OC)n2)nc1CC. The largest absolute Gasteiger partial charge is 0.463 e. The van der Waals surface area contributed by atoms with Crippen molar-refractivity contribution >= 4 is 5.97 Å². The lowest BCUT2D eigenvalue weighted by atomic mass is 10.2. The molecule has 2 rings (SSSR count). The normalized spacial score (nSPS) is 10.5. The van der Waals surface area contributed by atoms with Crippen LogP contribution in [0.4, 0.5) is 0 Å². The summed E-state index contributed by atoms with van der Waals surface area (Å²) in [6.45, 7) is 3.99. The van der Waals surface area contributed by atoms with Crippen LogP contribution in [0, 0.1) is 0 Å². The molecule has 100 valence electrons. The van der Waals surface area contributed by atoms with Gasteiger partial charge in [-0.2, -0.15) is 4.68 Å². The summed E-state index contributed by atoms with van der Waals surface area (Å²) >= 11 is 0. The van der Waals surface area contributed by atoms with E-state index in [2.05, 4.69) is 30.0 Å². The van der Waals surface area contributed by atoms with Gasteiger partial charge in [-0.1, -0.05) is 13.8 Å². The van der Waals surface area contributed by atoms with Crippen LogP contribution in [0.5, 0.6) is 0 Å². The zero-order valence-corrected chi connectivity index (χ0v) is 11.0. The first-order valence-electron chi connectivity index (χ1n) is 5.92. The Morgan fingerprint density at radius 1 is 1.26 bits per heavy atom. The van der Waals surface area contributed by atoms with Gasteiger partial charge < -0.3 is 4.74 Å². The van der Waals surface area contributed by atoms with Gasteiger partial charge >= 0.3 is 5.97 Å². The van der Waals surface area contributed by atoms with Gasteiger partial charge in [-0.15, -0.1) is 15.3 Å². The van der Waals surface area contributed by atoms with E-state index in [9.17, 15) is 4.79 Å². The summed E-state index contributed by atoms with van der Waals surface area (Å²) in [7, 11) is 1.27. The Morgan fingerprint density at radius 3 is 2.63 bits per heavy atom. The van der Waals surface area contributed by atoms with Gasteiger partial charge in [-0.3, -0.25) is 0 Å². The van der Waals surface area contributed by atoms with Gasteiger partial charge in [-0.25, -0.2) is 14.8 Å². The van der Waals surface area contributed by atoms with Crippen molar-refractivity contribution in [1.82, 2.24) is 29.9 Å². The minimum absolute atomic E-state index is 0.0382. The van der Waals surface area contributed by atoms with E-state index in [4.69, 9.17) is 0 Å². The molecular weight excluding hydrogens is 248 g/mol. The third-order valence-corrected chi connectivity index (χ3v) is 2.56. The maximum absolute atomic E-state index is 11.3. The number of hydrogen-bond donors (Lipinski definition) is 0. The van der Waals surface area contributed by atoms with Crippen molar-refractivity contribution in [2.45, 2.75) is 26.7 Å². The average Bonchev–Trinajstić information content (AvgIpc) is 2.95. The Hall–Kier alpha value is -2.38. The summed E-state index contributed by atoms with van der Waals surface area (Å²) in [6, 6.07) is 0. The average molecular weight is 262 g/mol. The van der Waals surface area contributed by atoms with Crippen molar-refractivity contribution in [3.8, 4) is 5.95 Å². The highest BCUT2D eigenvalue weighted by atomic mass is 16.5. The summed E-state index contributed by atoms with van der Waals surface area (Å²) in [5.41, 5.74) is 1.72. The first-order chi connectivity index (χ1) is 9.19. The lowest BCUT2D eigenvalue weighted by Gasteiger charge is -2.04. The van der Waals surface area contributed by atoms with Gasteiger partial charge in [0, 0.05) is 0 Å². The van der Waals surface area contributed by atoms with Crippen molar-refractivity contribution in [3.63, 3.8) is 0 Å². The summed E-state index contributed by atoms with van der Waals surface area (Å²) in [6.07, 6.45) is 2.88. The van der Waals surface area contributed by atoms with E-state index < -0.39 is 5.97 Å². The molecule has 0 radical (unpaired) electrons. The monoisotopic (exact) mass is 262 g/mol. The number of aryl methyl sites for hydroxylation is 2. The fourth-order valence-electron chi connectivity index (χ4n) is 1.57. The number of hydrogen-bond acceptors (Lipinski definition) is 7. The fourth-order valence-corrected chi connectivity index (χ4v) is 1.57. The topological polar surface area (TPSA) is 95.7 Å². The fraction of sp³-hybridized carbons (Fsp3) is 0.455. The van der Waals surface area contributed by atoms with E-state index in [1.807, 2.05) is 13.8 Å². The van der Waals surface area contributed by atoms with Crippen LogP contribution in [0.3, 0.4) is 0 Å². The van der Waals surface area contributed by atoms with E-state index in [0.717, 1.165) is 24.2 Å². The molecule has 2 aromatic heterocycles. The number of carbonyl (C=O) groups is 1. The van der Waals surface area contributed by atoms with Gasteiger partial charge in [0.2, 0.25) is 0 Å².